The molecule has 0 N–H and O–H groups in total. The Hall–Kier alpha value is -1.69. The lowest BCUT2D eigenvalue weighted by Crippen LogP contribution is -2.06. The molecule has 0 heterocycles. The molecule has 0 radical (unpaired) electrons. The number of hydrogen-bond acceptors (Lipinski definition) is 3. The Labute approximate surface area is 90.2 Å². The topological polar surface area (TPSA) is 42.2 Å². The molecule has 1 aromatic carbocycles. The van der Waals surface area contributed by atoms with Crippen LogP contribution >= 0.6 is 0 Å². The van der Waals surface area contributed by atoms with Gasteiger partial charge in [0.05, 0.1) is 19.1 Å². The van der Waals surface area contributed by atoms with Gasteiger partial charge < -0.3 is 9.47 Å². The quantitative estimate of drug-likeness (QED) is 0.758. The summed E-state index contributed by atoms with van der Waals surface area (Å²) in [7, 11) is 1.61. The minimum atomic E-state index is -0.115. The van der Waals surface area contributed by atoms with Gasteiger partial charge in [0.2, 0.25) is 0 Å². The summed E-state index contributed by atoms with van der Waals surface area (Å²) in [5.74, 6) is 1.28. The molecule has 1 aromatic rings. The highest BCUT2D eigenvalue weighted by Gasteiger charge is 2.06. The number of rotatable bonds is 4. The molecule has 0 saturated carbocycles. The summed E-state index contributed by atoms with van der Waals surface area (Å²) in [5, 5.41) is 8.62. The zero-order chi connectivity index (χ0) is 11.3. The van der Waals surface area contributed by atoms with Crippen molar-refractivity contribution >= 4 is 0 Å². The van der Waals surface area contributed by atoms with Gasteiger partial charge >= 0.3 is 0 Å². The molecule has 0 fully saturated rings. The van der Waals surface area contributed by atoms with E-state index >= 15 is 0 Å². The molecule has 3 nitrogen and oxygen atoms in total. The van der Waals surface area contributed by atoms with E-state index in [0.29, 0.717) is 18.1 Å². The van der Waals surface area contributed by atoms with Crippen LogP contribution in [0.5, 0.6) is 11.5 Å². The monoisotopic (exact) mass is 205 g/mol. The number of nitriles is 1. The van der Waals surface area contributed by atoms with Crippen molar-refractivity contribution in [3.8, 4) is 17.6 Å². The highest BCUT2D eigenvalue weighted by molar-refractivity contribution is 5.42. The molecular weight excluding hydrogens is 190 g/mol. The van der Waals surface area contributed by atoms with Crippen molar-refractivity contribution in [2.24, 2.45) is 5.92 Å². The number of methoxy groups -OCH3 is 1. The Morgan fingerprint density at radius 3 is 2.73 bits per heavy atom. The molecule has 0 aliphatic rings. The molecule has 0 spiro atoms. The summed E-state index contributed by atoms with van der Waals surface area (Å²) in [6, 6.07) is 7.84. The highest BCUT2D eigenvalue weighted by atomic mass is 16.5. The van der Waals surface area contributed by atoms with Crippen LogP contribution in [0.4, 0.5) is 0 Å². The first-order valence-corrected chi connectivity index (χ1v) is 4.84. The second kappa shape index (κ2) is 5.26. The molecule has 3 heteroatoms. The molecule has 0 aliphatic heterocycles. The fraction of sp³-hybridized carbons (Fsp3) is 0.417. The highest BCUT2D eigenvalue weighted by Crippen LogP contribution is 2.27. The van der Waals surface area contributed by atoms with Crippen molar-refractivity contribution in [1.29, 1.82) is 5.26 Å². The molecule has 1 unspecified atom stereocenters. The van der Waals surface area contributed by atoms with Crippen LogP contribution in [-0.2, 0) is 0 Å². The average Bonchev–Trinajstić information content (AvgIpc) is 2.26. The maximum Gasteiger partial charge on any atom is 0.161 e. The lowest BCUT2D eigenvalue weighted by Gasteiger charge is -2.11. The summed E-state index contributed by atoms with van der Waals surface area (Å²) in [6.07, 6.45) is 0. The van der Waals surface area contributed by atoms with E-state index in [1.165, 1.54) is 0 Å². The number of ether oxygens (including phenoxy) is 2. The van der Waals surface area contributed by atoms with E-state index in [1.807, 2.05) is 32.0 Å². The van der Waals surface area contributed by atoms with Gasteiger partial charge in [0.25, 0.3) is 0 Å². The Balaban J connectivity index is 2.73. The molecule has 0 aromatic heterocycles. The number of hydrogen-bond donors (Lipinski definition) is 0. The summed E-state index contributed by atoms with van der Waals surface area (Å²) >= 11 is 0. The van der Waals surface area contributed by atoms with Gasteiger partial charge in [0.15, 0.2) is 11.5 Å². The van der Waals surface area contributed by atoms with Gasteiger partial charge in [-0.25, -0.2) is 0 Å². The smallest absolute Gasteiger partial charge is 0.161 e. The van der Waals surface area contributed by atoms with Crippen molar-refractivity contribution in [2.75, 3.05) is 13.7 Å². The third kappa shape index (κ3) is 3.17. The number of aryl methyl sites for hydroxylation is 1. The lowest BCUT2D eigenvalue weighted by molar-refractivity contribution is 0.271. The van der Waals surface area contributed by atoms with E-state index in [1.54, 1.807) is 7.11 Å². The Bertz CT molecular complexity index is 368. The van der Waals surface area contributed by atoms with Crippen LogP contribution in [0.1, 0.15) is 12.5 Å². The molecule has 15 heavy (non-hydrogen) atoms. The van der Waals surface area contributed by atoms with Crippen LogP contribution in [0.15, 0.2) is 18.2 Å². The maximum absolute atomic E-state index is 8.62. The molecule has 0 saturated heterocycles. The molecule has 0 aliphatic carbocycles. The predicted molar refractivity (Wildman–Crippen MR) is 58.0 cm³/mol. The fourth-order valence-corrected chi connectivity index (χ4v) is 1.15. The normalized spacial score (nSPS) is 11.6. The van der Waals surface area contributed by atoms with Crippen molar-refractivity contribution in [2.45, 2.75) is 13.8 Å². The molecular formula is C12H15NO2. The standard InChI is InChI=1S/C12H15NO2/c1-9-4-5-11(12(6-9)14-3)15-8-10(2)7-13/h4-6,10H,8H2,1-3H3. The van der Waals surface area contributed by atoms with Crippen molar-refractivity contribution in [3.63, 3.8) is 0 Å². The third-order valence-corrected chi connectivity index (χ3v) is 2.03. The summed E-state index contributed by atoms with van der Waals surface area (Å²) < 4.78 is 10.7. The van der Waals surface area contributed by atoms with E-state index in [-0.39, 0.29) is 5.92 Å². The van der Waals surface area contributed by atoms with Crippen LogP contribution in [0.25, 0.3) is 0 Å². The van der Waals surface area contributed by atoms with Crippen LogP contribution < -0.4 is 9.47 Å². The summed E-state index contributed by atoms with van der Waals surface area (Å²) in [5.41, 5.74) is 1.12. The van der Waals surface area contributed by atoms with Crippen LogP contribution in [-0.4, -0.2) is 13.7 Å². The van der Waals surface area contributed by atoms with Crippen LogP contribution in [0, 0.1) is 24.2 Å². The van der Waals surface area contributed by atoms with Crippen molar-refractivity contribution in [1.82, 2.24) is 0 Å². The van der Waals surface area contributed by atoms with Gasteiger partial charge in [-0.1, -0.05) is 6.07 Å². The third-order valence-electron chi connectivity index (χ3n) is 2.03. The first-order valence-electron chi connectivity index (χ1n) is 4.84. The Morgan fingerprint density at radius 1 is 1.40 bits per heavy atom. The van der Waals surface area contributed by atoms with E-state index in [4.69, 9.17) is 14.7 Å². The minimum absolute atomic E-state index is 0.115. The fourth-order valence-electron chi connectivity index (χ4n) is 1.15. The second-order valence-corrected chi connectivity index (χ2v) is 3.50. The van der Waals surface area contributed by atoms with Crippen LogP contribution in [0.2, 0.25) is 0 Å². The first-order chi connectivity index (χ1) is 7.17. The average molecular weight is 205 g/mol. The zero-order valence-corrected chi connectivity index (χ0v) is 9.28. The maximum atomic E-state index is 8.62. The molecule has 1 atom stereocenters. The molecule has 80 valence electrons. The molecule has 1 rings (SSSR count). The molecule has 0 amide bonds. The largest absolute Gasteiger partial charge is 0.493 e. The van der Waals surface area contributed by atoms with Gasteiger partial charge in [0, 0.05) is 0 Å². The van der Waals surface area contributed by atoms with E-state index in [9.17, 15) is 0 Å². The van der Waals surface area contributed by atoms with Gasteiger partial charge in [-0.3, -0.25) is 0 Å². The van der Waals surface area contributed by atoms with Crippen molar-refractivity contribution in [3.05, 3.63) is 23.8 Å². The lowest BCUT2D eigenvalue weighted by atomic mass is 10.2. The van der Waals surface area contributed by atoms with Gasteiger partial charge in [-0.2, -0.15) is 5.26 Å². The predicted octanol–water partition coefficient (Wildman–Crippen LogP) is 2.54. The van der Waals surface area contributed by atoms with Crippen molar-refractivity contribution < 1.29 is 9.47 Å². The first kappa shape index (κ1) is 11.4. The Morgan fingerprint density at radius 2 is 2.13 bits per heavy atom. The molecule has 0 bridgehead atoms. The van der Waals surface area contributed by atoms with Gasteiger partial charge in [0.1, 0.15) is 6.61 Å². The number of nitrogens with zero attached hydrogens (tertiary/aromatic N) is 1. The SMILES string of the molecule is COc1cc(C)ccc1OCC(C)C#N. The summed E-state index contributed by atoms with van der Waals surface area (Å²) in [4.78, 5) is 0. The second-order valence-electron chi connectivity index (χ2n) is 3.50. The van der Waals surface area contributed by atoms with Crippen LogP contribution in [0.3, 0.4) is 0 Å². The minimum Gasteiger partial charge on any atom is -0.493 e. The van der Waals surface area contributed by atoms with E-state index < -0.39 is 0 Å². The number of benzene rings is 1. The van der Waals surface area contributed by atoms with Gasteiger partial charge in [-0.15, -0.1) is 0 Å². The summed E-state index contributed by atoms with van der Waals surface area (Å²) in [6.45, 7) is 4.20. The Kier molecular flexibility index (Phi) is 3.99. The van der Waals surface area contributed by atoms with E-state index in [2.05, 4.69) is 6.07 Å². The van der Waals surface area contributed by atoms with Gasteiger partial charge in [-0.05, 0) is 31.5 Å². The van der Waals surface area contributed by atoms with E-state index in [0.717, 1.165) is 5.56 Å². The zero-order valence-electron chi connectivity index (χ0n) is 9.28.